The molecule has 0 atom stereocenters. The number of amides is 1. The lowest BCUT2D eigenvalue weighted by molar-refractivity contribution is 0.0687. The lowest BCUT2D eigenvalue weighted by atomic mass is 10.1. The van der Waals surface area contributed by atoms with Crippen LogP contribution in [0.1, 0.15) is 32.8 Å². The van der Waals surface area contributed by atoms with Crippen LogP contribution in [0.3, 0.4) is 0 Å². The first-order valence-corrected chi connectivity index (χ1v) is 9.24. The molecular weight excluding hydrogens is 358 g/mol. The number of hydrogen-bond donors (Lipinski definition) is 2. The van der Waals surface area contributed by atoms with Crippen LogP contribution in [0.15, 0.2) is 42.7 Å². The molecule has 2 N–H and O–H groups in total. The van der Waals surface area contributed by atoms with Crippen molar-refractivity contribution in [3.8, 4) is 0 Å². The number of carbonyl (C=O) groups excluding carboxylic acids is 1. The van der Waals surface area contributed by atoms with Crippen molar-refractivity contribution in [2.45, 2.75) is 13.0 Å². The molecule has 1 aliphatic rings. The lowest BCUT2D eigenvalue weighted by Crippen LogP contribution is -2.35. The number of fused-ring (bicyclic) bond motifs is 1. The third-order valence-corrected chi connectivity index (χ3v) is 5.08. The molecule has 0 saturated carbocycles. The van der Waals surface area contributed by atoms with Crippen molar-refractivity contribution < 1.29 is 14.7 Å². The normalized spacial score (nSPS) is 15.5. The van der Waals surface area contributed by atoms with E-state index in [1.165, 1.54) is 0 Å². The Balaban J connectivity index is 1.47. The number of H-pyrrole nitrogens is 1. The predicted octanol–water partition coefficient (Wildman–Crippen LogP) is 2.00. The molecular formula is C20H21N5O3. The number of aromatic amines is 1. The van der Waals surface area contributed by atoms with E-state index in [-0.39, 0.29) is 11.6 Å². The molecule has 1 aliphatic heterocycles. The van der Waals surface area contributed by atoms with Gasteiger partial charge in [0.2, 0.25) is 0 Å². The van der Waals surface area contributed by atoms with Gasteiger partial charge in [0.25, 0.3) is 5.91 Å². The van der Waals surface area contributed by atoms with Crippen molar-refractivity contribution in [1.29, 1.82) is 0 Å². The van der Waals surface area contributed by atoms with Gasteiger partial charge in [-0.25, -0.2) is 4.79 Å². The van der Waals surface area contributed by atoms with Crippen LogP contribution in [0.4, 0.5) is 0 Å². The molecule has 1 fully saturated rings. The fraction of sp³-hybridized carbons (Fsp3) is 0.300. The third-order valence-electron chi connectivity index (χ3n) is 5.08. The van der Waals surface area contributed by atoms with Gasteiger partial charge in [-0.15, -0.1) is 0 Å². The molecule has 0 bridgehead atoms. The Morgan fingerprint density at radius 2 is 2.00 bits per heavy atom. The van der Waals surface area contributed by atoms with Gasteiger partial charge < -0.3 is 10.0 Å². The van der Waals surface area contributed by atoms with Crippen molar-refractivity contribution in [1.82, 2.24) is 25.0 Å². The summed E-state index contributed by atoms with van der Waals surface area (Å²) in [5, 5.41) is 16.5. The van der Waals surface area contributed by atoms with E-state index >= 15 is 0 Å². The average Bonchev–Trinajstić information content (AvgIpc) is 3.05. The number of hydrogen-bond acceptors (Lipinski definition) is 5. The van der Waals surface area contributed by atoms with Crippen LogP contribution in [0.5, 0.6) is 0 Å². The standard InChI is InChI=1S/C20H21N5O3/c26-19(16-4-1-6-17-15(16)5-2-7-21-17)25-9-3-8-24(10-11-25)13-14-12-22-23-18(14)20(27)28/h1-2,4-7,12H,3,8-11,13H2,(H,22,23)(H,27,28). The molecule has 1 aromatic carbocycles. The van der Waals surface area contributed by atoms with Crippen molar-refractivity contribution in [3.63, 3.8) is 0 Å². The summed E-state index contributed by atoms with van der Waals surface area (Å²) in [6.45, 7) is 3.24. The summed E-state index contributed by atoms with van der Waals surface area (Å²) in [6, 6.07) is 9.38. The van der Waals surface area contributed by atoms with E-state index in [0.29, 0.717) is 37.3 Å². The first-order valence-electron chi connectivity index (χ1n) is 9.24. The number of carbonyl (C=O) groups is 2. The number of rotatable bonds is 4. The quantitative estimate of drug-likeness (QED) is 0.719. The second kappa shape index (κ2) is 7.77. The summed E-state index contributed by atoms with van der Waals surface area (Å²) in [6.07, 6.45) is 4.11. The largest absolute Gasteiger partial charge is 0.477 e. The molecule has 144 valence electrons. The summed E-state index contributed by atoms with van der Waals surface area (Å²) >= 11 is 0. The van der Waals surface area contributed by atoms with Gasteiger partial charge in [0.1, 0.15) is 5.69 Å². The number of aromatic carboxylic acids is 1. The smallest absolute Gasteiger partial charge is 0.354 e. The van der Waals surface area contributed by atoms with Crippen molar-refractivity contribution in [2.24, 2.45) is 0 Å². The second-order valence-corrected chi connectivity index (χ2v) is 6.87. The van der Waals surface area contributed by atoms with Gasteiger partial charge in [0.05, 0.1) is 11.7 Å². The first-order chi connectivity index (χ1) is 13.6. The summed E-state index contributed by atoms with van der Waals surface area (Å²) in [5.41, 5.74) is 2.26. The minimum absolute atomic E-state index is 0.00925. The van der Waals surface area contributed by atoms with Gasteiger partial charge in [-0.05, 0) is 24.6 Å². The van der Waals surface area contributed by atoms with Crippen LogP contribution in [0.25, 0.3) is 10.9 Å². The predicted molar refractivity (Wildman–Crippen MR) is 103 cm³/mol. The van der Waals surface area contributed by atoms with Crippen LogP contribution in [-0.4, -0.2) is 68.1 Å². The molecule has 3 heterocycles. The maximum absolute atomic E-state index is 13.1. The molecule has 0 radical (unpaired) electrons. The van der Waals surface area contributed by atoms with Gasteiger partial charge in [0, 0.05) is 55.4 Å². The molecule has 0 spiro atoms. The topological polar surface area (TPSA) is 102 Å². The zero-order chi connectivity index (χ0) is 19.5. The highest BCUT2D eigenvalue weighted by Crippen LogP contribution is 2.19. The van der Waals surface area contributed by atoms with E-state index < -0.39 is 5.97 Å². The van der Waals surface area contributed by atoms with Crippen LogP contribution in [0, 0.1) is 0 Å². The minimum Gasteiger partial charge on any atom is -0.477 e. The maximum Gasteiger partial charge on any atom is 0.354 e. The molecule has 8 nitrogen and oxygen atoms in total. The molecule has 8 heteroatoms. The molecule has 1 saturated heterocycles. The van der Waals surface area contributed by atoms with Crippen molar-refractivity contribution >= 4 is 22.8 Å². The van der Waals surface area contributed by atoms with Gasteiger partial charge in [-0.3, -0.25) is 19.8 Å². The average molecular weight is 379 g/mol. The van der Waals surface area contributed by atoms with E-state index in [0.717, 1.165) is 23.9 Å². The number of benzene rings is 1. The van der Waals surface area contributed by atoms with Gasteiger partial charge in [-0.2, -0.15) is 5.10 Å². The molecule has 4 rings (SSSR count). The zero-order valence-electron chi connectivity index (χ0n) is 15.3. The summed E-state index contributed by atoms with van der Waals surface area (Å²) < 4.78 is 0. The highest BCUT2D eigenvalue weighted by molar-refractivity contribution is 6.06. The fourth-order valence-corrected chi connectivity index (χ4v) is 3.65. The highest BCUT2D eigenvalue weighted by atomic mass is 16.4. The van der Waals surface area contributed by atoms with E-state index in [1.54, 1.807) is 12.4 Å². The second-order valence-electron chi connectivity index (χ2n) is 6.87. The number of pyridine rings is 1. The number of carboxylic acid groups (broad SMARTS) is 1. The molecule has 3 aromatic rings. The van der Waals surface area contributed by atoms with Crippen LogP contribution >= 0.6 is 0 Å². The SMILES string of the molecule is O=C(O)c1[nH]ncc1CN1CCCN(C(=O)c2cccc3ncccc23)CC1. The zero-order valence-corrected chi connectivity index (χ0v) is 15.3. The monoisotopic (exact) mass is 379 g/mol. The molecule has 28 heavy (non-hydrogen) atoms. The number of carboxylic acids is 1. The van der Waals surface area contributed by atoms with Crippen molar-refractivity contribution in [2.75, 3.05) is 26.2 Å². The summed E-state index contributed by atoms with van der Waals surface area (Å²) in [7, 11) is 0. The van der Waals surface area contributed by atoms with Gasteiger partial charge in [-0.1, -0.05) is 12.1 Å². The Hall–Kier alpha value is -3.26. The summed E-state index contributed by atoms with van der Waals surface area (Å²) in [5.74, 6) is -1.00. The minimum atomic E-state index is -1.01. The Kier molecular flexibility index (Phi) is 5.03. The lowest BCUT2D eigenvalue weighted by Gasteiger charge is -2.22. The Labute approximate surface area is 161 Å². The number of aromatic nitrogens is 3. The molecule has 0 aliphatic carbocycles. The maximum atomic E-state index is 13.1. The van der Waals surface area contributed by atoms with E-state index in [4.69, 9.17) is 0 Å². The van der Waals surface area contributed by atoms with Crippen LogP contribution < -0.4 is 0 Å². The Morgan fingerprint density at radius 3 is 2.86 bits per heavy atom. The molecule has 0 unspecified atom stereocenters. The Bertz CT molecular complexity index is 1010. The highest BCUT2D eigenvalue weighted by Gasteiger charge is 2.23. The molecule has 1 amide bonds. The summed E-state index contributed by atoms with van der Waals surface area (Å²) in [4.78, 5) is 32.7. The van der Waals surface area contributed by atoms with Crippen LogP contribution in [-0.2, 0) is 6.54 Å². The number of nitrogens with one attached hydrogen (secondary N) is 1. The van der Waals surface area contributed by atoms with Gasteiger partial charge >= 0.3 is 5.97 Å². The third kappa shape index (κ3) is 3.59. The van der Waals surface area contributed by atoms with Crippen LogP contribution in [0.2, 0.25) is 0 Å². The van der Waals surface area contributed by atoms with E-state index in [9.17, 15) is 14.7 Å². The molecule has 2 aromatic heterocycles. The fourth-order valence-electron chi connectivity index (χ4n) is 3.65. The number of nitrogens with zero attached hydrogens (tertiary/aromatic N) is 4. The van der Waals surface area contributed by atoms with E-state index in [2.05, 4.69) is 20.1 Å². The Morgan fingerprint density at radius 1 is 1.11 bits per heavy atom. The van der Waals surface area contributed by atoms with Gasteiger partial charge in [0.15, 0.2) is 0 Å². The van der Waals surface area contributed by atoms with Crippen molar-refractivity contribution in [3.05, 3.63) is 59.5 Å². The van der Waals surface area contributed by atoms with E-state index in [1.807, 2.05) is 35.2 Å². The first kappa shape index (κ1) is 18.1.